The number of para-hydroxylation sites is 2. The van der Waals surface area contributed by atoms with Crippen molar-refractivity contribution in [3.05, 3.63) is 48.0 Å². The normalized spacial score (nSPS) is 17.1. The average molecular weight is 259 g/mol. The molecule has 2 N–H and O–H groups in total. The van der Waals surface area contributed by atoms with Crippen LogP contribution in [-0.4, -0.2) is 12.2 Å². The van der Waals surface area contributed by atoms with Gasteiger partial charge < -0.3 is 15.2 Å². The second-order valence-corrected chi connectivity index (χ2v) is 5.18. The first kappa shape index (κ1) is 11.3. The van der Waals surface area contributed by atoms with Crippen molar-refractivity contribution in [1.29, 1.82) is 0 Å². The summed E-state index contributed by atoms with van der Waals surface area (Å²) >= 11 is 1.70. The fourth-order valence-corrected chi connectivity index (χ4v) is 3.21. The van der Waals surface area contributed by atoms with Crippen LogP contribution in [0.2, 0.25) is 0 Å². The standard InChI is InChI=1S/C14H13NO2S/c1-17-11-7-4-5-9(13(11)16)14-15-10-6-2-3-8-12(10)18-14/h2-8,14-16H,1H3/t14-/m0/s1. The van der Waals surface area contributed by atoms with Crippen LogP contribution in [0.5, 0.6) is 11.5 Å². The molecule has 3 nitrogen and oxygen atoms in total. The molecule has 0 aromatic heterocycles. The number of phenolic OH excluding ortho intramolecular Hbond substituents is 1. The van der Waals surface area contributed by atoms with Crippen LogP contribution in [0.4, 0.5) is 5.69 Å². The first-order chi connectivity index (χ1) is 8.79. The molecule has 0 saturated carbocycles. The summed E-state index contributed by atoms with van der Waals surface area (Å²) in [6.07, 6.45) is 0. The lowest BCUT2D eigenvalue weighted by Gasteiger charge is -2.14. The second-order valence-electron chi connectivity index (χ2n) is 4.04. The van der Waals surface area contributed by atoms with Crippen LogP contribution < -0.4 is 10.1 Å². The van der Waals surface area contributed by atoms with Gasteiger partial charge in [-0.25, -0.2) is 0 Å². The highest BCUT2D eigenvalue weighted by molar-refractivity contribution is 8.00. The Balaban J connectivity index is 1.95. The number of nitrogens with one attached hydrogen (secondary N) is 1. The van der Waals surface area contributed by atoms with E-state index >= 15 is 0 Å². The molecular formula is C14H13NO2S. The fourth-order valence-electron chi connectivity index (χ4n) is 2.04. The molecule has 2 aromatic carbocycles. The van der Waals surface area contributed by atoms with E-state index in [4.69, 9.17) is 4.74 Å². The van der Waals surface area contributed by atoms with Crippen LogP contribution in [0, 0.1) is 0 Å². The Hall–Kier alpha value is -1.81. The molecule has 3 rings (SSSR count). The second kappa shape index (κ2) is 4.46. The molecule has 1 aliphatic rings. The minimum absolute atomic E-state index is 0.0255. The minimum atomic E-state index is 0.0255. The van der Waals surface area contributed by atoms with Gasteiger partial charge in [0.2, 0.25) is 0 Å². The molecule has 4 heteroatoms. The number of rotatable bonds is 2. The van der Waals surface area contributed by atoms with E-state index in [0.29, 0.717) is 5.75 Å². The number of aromatic hydroxyl groups is 1. The van der Waals surface area contributed by atoms with E-state index in [0.717, 1.165) is 11.3 Å². The predicted molar refractivity (Wildman–Crippen MR) is 73.3 cm³/mol. The summed E-state index contributed by atoms with van der Waals surface area (Å²) in [5.41, 5.74) is 1.95. The van der Waals surface area contributed by atoms with E-state index in [9.17, 15) is 5.11 Å². The topological polar surface area (TPSA) is 41.5 Å². The lowest BCUT2D eigenvalue weighted by Crippen LogP contribution is -2.02. The fraction of sp³-hybridized carbons (Fsp3) is 0.143. The van der Waals surface area contributed by atoms with Gasteiger partial charge in [0.25, 0.3) is 0 Å². The van der Waals surface area contributed by atoms with E-state index < -0.39 is 0 Å². The summed E-state index contributed by atoms with van der Waals surface area (Å²) in [4.78, 5) is 1.20. The lowest BCUT2D eigenvalue weighted by atomic mass is 10.1. The van der Waals surface area contributed by atoms with Gasteiger partial charge in [0.15, 0.2) is 11.5 Å². The maximum absolute atomic E-state index is 10.1. The Bertz CT molecular complexity index is 561. The van der Waals surface area contributed by atoms with Crippen molar-refractivity contribution in [2.45, 2.75) is 10.3 Å². The third-order valence-corrected chi connectivity index (χ3v) is 4.17. The summed E-state index contributed by atoms with van der Waals surface area (Å²) in [6.45, 7) is 0. The van der Waals surface area contributed by atoms with E-state index in [2.05, 4.69) is 11.4 Å². The van der Waals surface area contributed by atoms with Crippen molar-refractivity contribution < 1.29 is 9.84 Å². The van der Waals surface area contributed by atoms with E-state index in [1.165, 1.54) is 4.90 Å². The van der Waals surface area contributed by atoms with Gasteiger partial charge >= 0.3 is 0 Å². The van der Waals surface area contributed by atoms with E-state index in [1.807, 2.05) is 30.3 Å². The zero-order valence-electron chi connectivity index (χ0n) is 9.88. The maximum Gasteiger partial charge on any atom is 0.163 e. The SMILES string of the molecule is COc1cccc([C@H]2Nc3ccccc3S2)c1O. The maximum atomic E-state index is 10.1. The van der Waals surface area contributed by atoms with Gasteiger partial charge in [0.05, 0.1) is 7.11 Å². The Morgan fingerprint density at radius 2 is 2.00 bits per heavy atom. The van der Waals surface area contributed by atoms with E-state index in [-0.39, 0.29) is 11.1 Å². The lowest BCUT2D eigenvalue weighted by molar-refractivity contribution is 0.371. The predicted octanol–water partition coefficient (Wildman–Crippen LogP) is 3.62. The smallest absolute Gasteiger partial charge is 0.163 e. The van der Waals surface area contributed by atoms with Gasteiger partial charge in [-0.2, -0.15) is 0 Å². The highest BCUT2D eigenvalue weighted by Gasteiger charge is 2.25. The first-order valence-electron chi connectivity index (χ1n) is 5.67. The van der Waals surface area contributed by atoms with Gasteiger partial charge in [-0.1, -0.05) is 36.0 Å². The molecule has 1 atom stereocenters. The van der Waals surface area contributed by atoms with Crippen molar-refractivity contribution >= 4 is 17.4 Å². The molecule has 0 amide bonds. The van der Waals surface area contributed by atoms with Crippen LogP contribution >= 0.6 is 11.8 Å². The molecule has 0 spiro atoms. The number of hydrogen-bond acceptors (Lipinski definition) is 4. The highest BCUT2D eigenvalue weighted by atomic mass is 32.2. The third kappa shape index (κ3) is 1.78. The third-order valence-electron chi connectivity index (χ3n) is 2.95. The number of anilines is 1. The van der Waals surface area contributed by atoms with Crippen LogP contribution in [-0.2, 0) is 0 Å². The first-order valence-corrected chi connectivity index (χ1v) is 6.55. The zero-order valence-corrected chi connectivity index (χ0v) is 10.7. The molecular weight excluding hydrogens is 246 g/mol. The van der Waals surface area contributed by atoms with Crippen molar-refractivity contribution in [2.75, 3.05) is 12.4 Å². The quantitative estimate of drug-likeness (QED) is 0.864. The van der Waals surface area contributed by atoms with Crippen LogP contribution in [0.25, 0.3) is 0 Å². The summed E-state index contributed by atoms with van der Waals surface area (Å²) < 4.78 is 5.14. The number of ether oxygens (including phenoxy) is 1. The number of methoxy groups -OCH3 is 1. The summed E-state index contributed by atoms with van der Waals surface area (Å²) in [6, 6.07) is 13.7. The van der Waals surface area contributed by atoms with Gasteiger partial charge in [-0.3, -0.25) is 0 Å². The molecule has 0 bridgehead atoms. The number of thioether (sulfide) groups is 1. The number of benzene rings is 2. The molecule has 0 radical (unpaired) electrons. The molecule has 1 heterocycles. The monoisotopic (exact) mass is 259 g/mol. The van der Waals surface area contributed by atoms with Crippen LogP contribution in [0.15, 0.2) is 47.4 Å². The Morgan fingerprint density at radius 3 is 2.78 bits per heavy atom. The van der Waals surface area contributed by atoms with Gasteiger partial charge in [0.1, 0.15) is 5.37 Å². The van der Waals surface area contributed by atoms with Crippen molar-refractivity contribution in [2.24, 2.45) is 0 Å². The van der Waals surface area contributed by atoms with Crippen LogP contribution in [0.1, 0.15) is 10.9 Å². The Morgan fingerprint density at radius 1 is 1.17 bits per heavy atom. The highest BCUT2D eigenvalue weighted by Crippen LogP contribution is 2.49. The van der Waals surface area contributed by atoms with Gasteiger partial charge in [0, 0.05) is 16.1 Å². The molecule has 1 aliphatic heterocycles. The number of hydrogen-bond donors (Lipinski definition) is 2. The van der Waals surface area contributed by atoms with Crippen molar-refractivity contribution in [3.8, 4) is 11.5 Å². The molecule has 0 unspecified atom stereocenters. The van der Waals surface area contributed by atoms with Crippen LogP contribution in [0.3, 0.4) is 0 Å². The minimum Gasteiger partial charge on any atom is -0.504 e. The molecule has 2 aromatic rings. The van der Waals surface area contributed by atoms with Crippen molar-refractivity contribution in [3.63, 3.8) is 0 Å². The summed E-state index contributed by atoms with van der Waals surface area (Å²) in [7, 11) is 1.56. The average Bonchev–Trinajstić information content (AvgIpc) is 2.82. The summed E-state index contributed by atoms with van der Waals surface area (Å²) in [5.74, 6) is 0.712. The van der Waals surface area contributed by atoms with Gasteiger partial charge in [-0.15, -0.1) is 0 Å². The Labute approximate surface area is 110 Å². The Kier molecular flexibility index (Phi) is 2.80. The number of phenols is 1. The van der Waals surface area contributed by atoms with Crippen molar-refractivity contribution in [1.82, 2.24) is 0 Å². The molecule has 0 saturated heterocycles. The number of fused-ring (bicyclic) bond motifs is 1. The van der Waals surface area contributed by atoms with E-state index in [1.54, 1.807) is 24.9 Å². The molecule has 0 aliphatic carbocycles. The zero-order chi connectivity index (χ0) is 12.5. The molecule has 92 valence electrons. The molecule has 0 fully saturated rings. The van der Waals surface area contributed by atoms with Gasteiger partial charge in [-0.05, 0) is 18.2 Å². The molecule has 18 heavy (non-hydrogen) atoms. The summed E-state index contributed by atoms with van der Waals surface area (Å²) in [5, 5.41) is 13.6. The largest absolute Gasteiger partial charge is 0.504 e.